The molecule has 2 heterocycles. The third-order valence-electron chi connectivity index (χ3n) is 8.41. The molecule has 8 rings (SSSR count). The number of fused-ring (bicyclic) bond motifs is 6. The Labute approximate surface area is 227 Å². The number of hydrogen-bond acceptors (Lipinski definition) is 0. The monoisotopic (exact) mass is 500 g/mol. The van der Waals surface area contributed by atoms with Gasteiger partial charge in [0, 0.05) is 38.8 Å². The van der Waals surface area contributed by atoms with Crippen LogP contribution in [0, 0.1) is 5.92 Å². The highest BCUT2D eigenvalue weighted by molar-refractivity contribution is 6.11. The Bertz CT molecular complexity index is 1990. The van der Waals surface area contributed by atoms with Crippen molar-refractivity contribution in [1.82, 2.24) is 9.13 Å². The fourth-order valence-electron chi connectivity index (χ4n) is 6.64. The SMILES string of the molecule is CC1C=C(n2c3ccccc3c3ccccc32)C=CC1c1cccc(-n2c3ccccc3c3ccccc32)c1. The lowest BCUT2D eigenvalue weighted by Gasteiger charge is -2.25. The van der Waals surface area contributed by atoms with Gasteiger partial charge in [-0.1, -0.05) is 104 Å². The summed E-state index contributed by atoms with van der Waals surface area (Å²) in [7, 11) is 0. The molecule has 1 aliphatic rings. The Hall–Kier alpha value is -4.82. The Balaban J connectivity index is 1.22. The van der Waals surface area contributed by atoms with Crippen LogP contribution in [0.5, 0.6) is 0 Å². The molecular weight excluding hydrogens is 472 g/mol. The maximum absolute atomic E-state index is 2.44. The zero-order valence-corrected chi connectivity index (χ0v) is 21.8. The summed E-state index contributed by atoms with van der Waals surface area (Å²) in [6.45, 7) is 2.34. The quantitative estimate of drug-likeness (QED) is 0.228. The van der Waals surface area contributed by atoms with Crippen LogP contribution in [0.4, 0.5) is 0 Å². The Morgan fingerprint density at radius 2 is 1.00 bits per heavy atom. The van der Waals surface area contributed by atoms with Crippen LogP contribution in [0.15, 0.2) is 140 Å². The van der Waals surface area contributed by atoms with Gasteiger partial charge in [-0.15, -0.1) is 0 Å². The summed E-state index contributed by atoms with van der Waals surface area (Å²) >= 11 is 0. The summed E-state index contributed by atoms with van der Waals surface area (Å²) in [5, 5.41) is 5.19. The maximum Gasteiger partial charge on any atom is 0.0541 e. The lowest BCUT2D eigenvalue weighted by Crippen LogP contribution is -2.11. The summed E-state index contributed by atoms with van der Waals surface area (Å²) in [4.78, 5) is 0. The molecule has 0 aliphatic heterocycles. The van der Waals surface area contributed by atoms with Crippen molar-refractivity contribution in [3.05, 3.63) is 145 Å². The minimum Gasteiger partial charge on any atom is -0.310 e. The zero-order chi connectivity index (χ0) is 25.9. The van der Waals surface area contributed by atoms with E-state index in [-0.39, 0.29) is 0 Å². The molecule has 39 heavy (non-hydrogen) atoms. The van der Waals surface area contributed by atoms with E-state index in [0.29, 0.717) is 11.8 Å². The van der Waals surface area contributed by atoms with E-state index >= 15 is 0 Å². The first-order valence-electron chi connectivity index (χ1n) is 13.7. The van der Waals surface area contributed by atoms with Gasteiger partial charge in [0.1, 0.15) is 0 Å². The van der Waals surface area contributed by atoms with E-state index in [1.54, 1.807) is 0 Å². The van der Waals surface area contributed by atoms with Crippen LogP contribution in [-0.4, -0.2) is 9.13 Å². The van der Waals surface area contributed by atoms with Crippen LogP contribution in [-0.2, 0) is 0 Å². The van der Waals surface area contributed by atoms with Gasteiger partial charge in [-0.05, 0) is 54.0 Å². The van der Waals surface area contributed by atoms with Gasteiger partial charge in [0.05, 0.1) is 22.1 Å². The third kappa shape index (κ3) is 3.35. The van der Waals surface area contributed by atoms with E-state index in [1.165, 1.54) is 60.6 Å². The molecule has 2 heteroatoms. The predicted molar refractivity (Wildman–Crippen MR) is 166 cm³/mol. The molecule has 0 N–H and O–H groups in total. The lowest BCUT2D eigenvalue weighted by molar-refractivity contribution is 0.634. The number of aromatic nitrogens is 2. The predicted octanol–water partition coefficient (Wildman–Crippen LogP) is 9.72. The smallest absolute Gasteiger partial charge is 0.0541 e. The molecule has 0 saturated carbocycles. The first-order valence-corrected chi connectivity index (χ1v) is 13.7. The number of hydrogen-bond donors (Lipinski definition) is 0. The van der Waals surface area contributed by atoms with E-state index in [1.807, 2.05) is 0 Å². The van der Waals surface area contributed by atoms with Gasteiger partial charge in [-0.3, -0.25) is 0 Å². The Morgan fingerprint density at radius 1 is 0.513 bits per heavy atom. The van der Waals surface area contributed by atoms with Crippen molar-refractivity contribution in [2.75, 3.05) is 0 Å². The molecule has 0 amide bonds. The number of rotatable bonds is 3. The van der Waals surface area contributed by atoms with Crippen molar-refractivity contribution >= 4 is 49.3 Å². The van der Waals surface area contributed by atoms with Crippen LogP contribution in [0.3, 0.4) is 0 Å². The van der Waals surface area contributed by atoms with E-state index in [0.717, 1.165) is 0 Å². The van der Waals surface area contributed by atoms with Crippen molar-refractivity contribution in [2.45, 2.75) is 12.8 Å². The molecule has 7 aromatic rings. The van der Waals surface area contributed by atoms with Crippen molar-refractivity contribution < 1.29 is 0 Å². The first-order chi connectivity index (χ1) is 19.3. The fraction of sp³-hybridized carbons (Fsp3) is 0.0811. The Kier molecular flexibility index (Phi) is 4.90. The van der Waals surface area contributed by atoms with Gasteiger partial charge < -0.3 is 9.13 Å². The van der Waals surface area contributed by atoms with Crippen molar-refractivity contribution in [2.24, 2.45) is 5.92 Å². The molecule has 2 nitrogen and oxygen atoms in total. The number of para-hydroxylation sites is 4. The molecular formula is C37H28N2. The maximum atomic E-state index is 2.44. The van der Waals surface area contributed by atoms with Gasteiger partial charge in [0.15, 0.2) is 0 Å². The van der Waals surface area contributed by atoms with Crippen molar-refractivity contribution in [3.63, 3.8) is 0 Å². The highest BCUT2D eigenvalue weighted by atomic mass is 15.0. The minimum absolute atomic E-state index is 0.315. The Morgan fingerprint density at radius 3 is 1.51 bits per heavy atom. The zero-order valence-electron chi connectivity index (χ0n) is 21.8. The second-order valence-corrected chi connectivity index (χ2v) is 10.7. The second kappa shape index (κ2) is 8.61. The van der Waals surface area contributed by atoms with Gasteiger partial charge in [0.25, 0.3) is 0 Å². The average molecular weight is 501 g/mol. The standard InChI is InChI=1S/C37H28N2/c1-25-23-28(39-36-19-8-4-15-32(36)33-16-5-9-20-37(33)39)21-22-29(25)26-11-10-12-27(24-26)38-34-17-6-2-13-30(34)31-14-3-7-18-35(31)38/h2-25,29H,1H3. The fourth-order valence-corrected chi connectivity index (χ4v) is 6.64. The molecule has 0 spiro atoms. The highest BCUT2D eigenvalue weighted by Gasteiger charge is 2.22. The topological polar surface area (TPSA) is 9.86 Å². The lowest BCUT2D eigenvalue weighted by atomic mass is 9.83. The molecule has 1 aliphatic carbocycles. The molecule has 0 bridgehead atoms. The summed E-state index contributed by atoms with van der Waals surface area (Å²) in [5.74, 6) is 0.674. The average Bonchev–Trinajstić information content (AvgIpc) is 3.50. The molecule has 0 fully saturated rings. The molecule has 186 valence electrons. The summed E-state index contributed by atoms with van der Waals surface area (Å²) in [6, 6.07) is 44.0. The highest BCUT2D eigenvalue weighted by Crippen LogP contribution is 2.39. The van der Waals surface area contributed by atoms with Gasteiger partial charge >= 0.3 is 0 Å². The molecule has 2 unspecified atom stereocenters. The van der Waals surface area contributed by atoms with Crippen LogP contribution < -0.4 is 0 Å². The number of benzene rings is 5. The van der Waals surface area contributed by atoms with Crippen molar-refractivity contribution in [3.8, 4) is 5.69 Å². The molecule has 2 aromatic heterocycles. The van der Waals surface area contributed by atoms with Crippen LogP contribution in [0.2, 0.25) is 0 Å². The summed E-state index contributed by atoms with van der Waals surface area (Å²) in [5.41, 5.74) is 8.81. The van der Waals surface area contributed by atoms with Gasteiger partial charge in [-0.2, -0.15) is 0 Å². The third-order valence-corrected chi connectivity index (χ3v) is 8.41. The van der Waals surface area contributed by atoms with E-state index in [2.05, 4.69) is 156 Å². The molecule has 5 aromatic carbocycles. The van der Waals surface area contributed by atoms with E-state index in [9.17, 15) is 0 Å². The van der Waals surface area contributed by atoms with Gasteiger partial charge in [0.2, 0.25) is 0 Å². The van der Waals surface area contributed by atoms with Crippen LogP contribution >= 0.6 is 0 Å². The normalized spacial score (nSPS) is 17.4. The van der Waals surface area contributed by atoms with E-state index in [4.69, 9.17) is 0 Å². The van der Waals surface area contributed by atoms with Crippen molar-refractivity contribution in [1.29, 1.82) is 0 Å². The second-order valence-electron chi connectivity index (χ2n) is 10.7. The minimum atomic E-state index is 0.315. The van der Waals surface area contributed by atoms with E-state index < -0.39 is 0 Å². The number of allylic oxidation sites excluding steroid dienone is 4. The molecule has 0 radical (unpaired) electrons. The van der Waals surface area contributed by atoms with Crippen LogP contribution in [0.1, 0.15) is 18.4 Å². The van der Waals surface area contributed by atoms with Crippen LogP contribution in [0.25, 0.3) is 55.0 Å². The first kappa shape index (κ1) is 22.2. The number of nitrogens with zero attached hydrogens (tertiary/aromatic N) is 2. The van der Waals surface area contributed by atoms with Gasteiger partial charge in [-0.25, -0.2) is 0 Å². The summed E-state index contributed by atoms with van der Waals surface area (Å²) < 4.78 is 4.83. The summed E-state index contributed by atoms with van der Waals surface area (Å²) in [6.07, 6.45) is 7.15. The molecule has 2 atom stereocenters. The molecule has 0 saturated heterocycles. The largest absolute Gasteiger partial charge is 0.310 e.